The minimum Gasteiger partial charge on any atom is -0.270 e. The van der Waals surface area contributed by atoms with Crippen LogP contribution < -0.4 is 9.80 Å². The second-order valence-electron chi connectivity index (χ2n) is 31.9. The standard InChI is InChI=1S/C126H86N4/c1-13-37-91(38-14-1)85-87-129(111-79-71-107(72-80-111)125-121(103-53-29-9-30-54-103)117(99-45-21-5-22-46-99)115(97-41-17-3-18-42-97)118(100-47-23-6-24-48-100)122(125)104-55-31-10-32-56-104)109-75-65-93(66-76-109)61-63-95-69-83-113(127-89-95)114-84-70-96(90-128-114)64-62-94-67-77-110(78-68-94)130(88-86-92-39-15-2-16-40-92)112-81-73-108(74-82-112)126-123(105-57-33-11-34-58-105)119(101-49-25-7-26-50-101)116(98-43-19-4-20-44-98)120(102-51-27-8-28-52-102)124(126)106-59-35-12-36-60-106/h1-84,89-90H/b63-61+,64-62+. The van der Waals surface area contributed by atoms with Gasteiger partial charge in [0.2, 0.25) is 0 Å². The van der Waals surface area contributed by atoms with Crippen LogP contribution >= 0.6 is 0 Å². The van der Waals surface area contributed by atoms with Crippen molar-refractivity contribution in [1.29, 1.82) is 0 Å². The summed E-state index contributed by atoms with van der Waals surface area (Å²) < 4.78 is 0. The van der Waals surface area contributed by atoms with Gasteiger partial charge in [-0.2, -0.15) is 0 Å². The van der Waals surface area contributed by atoms with Crippen molar-refractivity contribution in [2.45, 2.75) is 0 Å². The van der Waals surface area contributed by atoms with Gasteiger partial charge in [0.25, 0.3) is 0 Å². The Hall–Kier alpha value is -17.5. The predicted molar refractivity (Wildman–Crippen MR) is 547 cm³/mol. The van der Waals surface area contributed by atoms with Crippen LogP contribution in [0.25, 0.3) is 169 Å². The number of hydrogen-bond acceptors (Lipinski definition) is 4. The Morgan fingerprint density at radius 2 is 0.315 bits per heavy atom. The van der Waals surface area contributed by atoms with Crippen LogP contribution in [-0.4, -0.2) is 9.97 Å². The molecular formula is C126H86N4. The van der Waals surface area contributed by atoms with E-state index in [0.29, 0.717) is 0 Å². The first kappa shape index (κ1) is 80.8. The molecule has 20 rings (SSSR count). The summed E-state index contributed by atoms with van der Waals surface area (Å²) in [5.74, 6) is 6.99. The van der Waals surface area contributed by atoms with Crippen molar-refractivity contribution < 1.29 is 0 Å². The lowest BCUT2D eigenvalue weighted by atomic mass is 9.74. The molecule has 0 saturated heterocycles. The van der Waals surface area contributed by atoms with Crippen LogP contribution in [-0.2, 0) is 0 Å². The SMILES string of the molecule is C(#CN(c1ccc(/C=C/c2ccc(-c3ccc(/C=C/c4ccc(N(C#Cc5ccccc5)c5ccc(-c6c(-c7ccccc7)c(-c7ccccc7)c(-c7ccccc7)c(-c7ccccc7)c6-c6ccccc6)cc5)cc4)cn3)nc2)cc1)c1ccc(-c2c(-c3ccccc3)c(-c3ccccc3)c(-c3ccccc3)c(-c3ccccc3)c2-c2ccccc2)cc1)c1ccccc1. The van der Waals surface area contributed by atoms with E-state index >= 15 is 0 Å². The van der Waals surface area contributed by atoms with Crippen LogP contribution in [0.1, 0.15) is 33.4 Å². The zero-order valence-electron chi connectivity index (χ0n) is 71.4. The van der Waals surface area contributed by atoms with Gasteiger partial charge >= 0.3 is 0 Å². The van der Waals surface area contributed by atoms with Crippen molar-refractivity contribution in [3.63, 3.8) is 0 Å². The Morgan fingerprint density at radius 1 is 0.154 bits per heavy atom. The molecule has 20 aromatic rings. The largest absolute Gasteiger partial charge is 0.270 e. The second kappa shape index (κ2) is 38.3. The molecule has 0 saturated carbocycles. The summed E-state index contributed by atoms with van der Waals surface area (Å²) in [4.78, 5) is 14.0. The van der Waals surface area contributed by atoms with Crippen LogP contribution in [0.15, 0.2) is 498 Å². The highest BCUT2D eigenvalue weighted by Gasteiger charge is 2.32. The van der Waals surface area contributed by atoms with Gasteiger partial charge in [-0.25, -0.2) is 0 Å². The van der Waals surface area contributed by atoms with Crippen molar-refractivity contribution in [3.05, 3.63) is 531 Å². The van der Waals surface area contributed by atoms with Crippen molar-refractivity contribution >= 4 is 47.1 Å². The Labute approximate surface area is 761 Å². The zero-order chi connectivity index (χ0) is 87.0. The molecule has 4 nitrogen and oxygen atoms in total. The van der Waals surface area contributed by atoms with Crippen LogP contribution in [0, 0.1) is 23.9 Å². The average Bonchev–Trinajstić information content (AvgIpc) is 0.719. The minimum atomic E-state index is 0.788. The van der Waals surface area contributed by atoms with E-state index in [-0.39, 0.29) is 0 Å². The summed E-state index contributed by atoms with van der Waals surface area (Å²) in [5.41, 5.74) is 38.6. The highest BCUT2D eigenvalue weighted by Crippen LogP contribution is 2.59. The van der Waals surface area contributed by atoms with Gasteiger partial charge in [-0.1, -0.05) is 425 Å². The number of aromatic nitrogens is 2. The van der Waals surface area contributed by atoms with E-state index in [1.54, 1.807) is 0 Å². The van der Waals surface area contributed by atoms with Gasteiger partial charge in [0.05, 0.1) is 34.1 Å². The highest BCUT2D eigenvalue weighted by molar-refractivity contribution is 6.17. The molecule has 4 heteroatoms. The summed E-state index contributed by atoms with van der Waals surface area (Å²) in [6, 6.07) is 180. The lowest BCUT2D eigenvalue weighted by Crippen LogP contribution is -2.09. The first-order valence-electron chi connectivity index (χ1n) is 44.0. The maximum Gasteiger partial charge on any atom is 0.0886 e. The molecule has 0 aliphatic heterocycles. The number of pyridine rings is 2. The van der Waals surface area contributed by atoms with Gasteiger partial charge in [-0.05, 0) is 253 Å². The Kier molecular flexibility index (Phi) is 23.8. The fraction of sp³-hybridized carbons (Fsp3) is 0. The molecule has 610 valence electrons. The molecule has 0 amide bonds. The topological polar surface area (TPSA) is 32.3 Å². The Bertz CT molecular complexity index is 6810. The smallest absolute Gasteiger partial charge is 0.0886 e. The van der Waals surface area contributed by atoms with E-state index in [0.717, 1.165) is 168 Å². The predicted octanol–water partition coefficient (Wildman–Crippen LogP) is 32.8. The van der Waals surface area contributed by atoms with Gasteiger partial charge in [0, 0.05) is 35.6 Å². The minimum absolute atomic E-state index is 0.788. The summed E-state index contributed by atoms with van der Waals surface area (Å²) in [6.45, 7) is 0. The van der Waals surface area contributed by atoms with Gasteiger partial charge in [0.15, 0.2) is 0 Å². The third kappa shape index (κ3) is 17.6. The first-order chi connectivity index (χ1) is 64.5. The highest BCUT2D eigenvalue weighted by atomic mass is 15.1. The molecule has 0 bridgehead atoms. The van der Waals surface area contributed by atoms with Gasteiger partial charge < -0.3 is 0 Å². The van der Waals surface area contributed by atoms with Gasteiger partial charge in [-0.15, -0.1) is 0 Å². The van der Waals surface area contributed by atoms with E-state index in [2.05, 4.69) is 495 Å². The maximum absolute atomic E-state index is 4.91. The molecule has 0 atom stereocenters. The molecule has 0 N–H and O–H groups in total. The fourth-order valence-corrected chi connectivity index (χ4v) is 17.6. The lowest BCUT2D eigenvalue weighted by molar-refractivity contribution is 1.24. The molecule has 18 aromatic carbocycles. The van der Waals surface area contributed by atoms with Crippen molar-refractivity contribution in [2.24, 2.45) is 0 Å². The van der Waals surface area contributed by atoms with Crippen LogP contribution in [0.5, 0.6) is 0 Å². The van der Waals surface area contributed by atoms with Gasteiger partial charge in [0.1, 0.15) is 0 Å². The average molecular weight is 1660 g/mol. The molecule has 0 radical (unpaired) electrons. The van der Waals surface area contributed by atoms with E-state index in [9.17, 15) is 0 Å². The molecular weight excluding hydrogens is 1570 g/mol. The maximum atomic E-state index is 4.91. The Morgan fingerprint density at radius 3 is 0.500 bits per heavy atom. The summed E-state index contributed by atoms with van der Waals surface area (Å²) >= 11 is 0. The van der Waals surface area contributed by atoms with Crippen LogP contribution in [0.3, 0.4) is 0 Å². The normalized spacial score (nSPS) is 11.0. The summed E-state index contributed by atoms with van der Waals surface area (Å²) in [7, 11) is 0. The molecule has 2 heterocycles. The van der Waals surface area contributed by atoms with Crippen molar-refractivity contribution in [3.8, 4) is 169 Å². The quantitative estimate of drug-likeness (QED) is 0.0530. The summed E-state index contributed by atoms with van der Waals surface area (Å²) in [6.07, 6.45) is 12.3. The molecule has 0 fully saturated rings. The molecule has 0 spiro atoms. The van der Waals surface area contributed by atoms with Gasteiger partial charge in [-0.3, -0.25) is 19.8 Å². The zero-order valence-corrected chi connectivity index (χ0v) is 71.4. The fourth-order valence-electron chi connectivity index (χ4n) is 17.6. The number of hydrogen-bond donors (Lipinski definition) is 0. The molecule has 130 heavy (non-hydrogen) atoms. The lowest BCUT2D eigenvalue weighted by Gasteiger charge is -2.29. The Balaban J connectivity index is 0.567. The van der Waals surface area contributed by atoms with E-state index in [1.165, 1.54) is 33.4 Å². The first-order valence-corrected chi connectivity index (χ1v) is 44.0. The summed E-state index contributed by atoms with van der Waals surface area (Å²) in [5, 5.41) is 0. The number of rotatable bonds is 21. The molecule has 0 aliphatic carbocycles. The van der Waals surface area contributed by atoms with Crippen LogP contribution in [0.4, 0.5) is 22.7 Å². The second-order valence-corrected chi connectivity index (χ2v) is 31.9. The van der Waals surface area contributed by atoms with E-state index < -0.39 is 0 Å². The van der Waals surface area contributed by atoms with Crippen LogP contribution in [0.2, 0.25) is 0 Å². The number of nitrogens with zero attached hydrogens (tertiary/aromatic N) is 4. The third-order valence-electron chi connectivity index (χ3n) is 23.7. The number of anilines is 4. The number of benzene rings is 18. The van der Waals surface area contributed by atoms with Crippen molar-refractivity contribution in [2.75, 3.05) is 9.80 Å². The molecule has 0 unspecified atom stereocenters. The monoisotopic (exact) mass is 1650 g/mol. The molecule has 2 aromatic heterocycles. The third-order valence-corrected chi connectivity index (χ3v) is 23.7. The van der Waals surface area contributed by atoms with E-state index in [4.69, 9.17) is 9.97 Å². The van der Waals surface area contributed by atoms with E-state index in [1.807, 2.05) is 60.9 Å². The van der Waals surface area contributed by atoms with Crippen molar-refractivity contribution in [1.82, 2.24) is 9.97 Å². The molecule has 0 aliphatic rings.